The van der Waals surface area contributed by atoms with Gasteiger partial charge in [0.05, 0.1) is 25.0 Å². The number of carbonyl (C=O) groups is 2. The molecule has 1 N–H and O–H groups in total. The second-order valence-electron chi connectivity index (χ2n) is 5.34. The largest absolute Gasteiger partial charge is 0.493 e. The summed E-state index contributed by atoms with van der Waals surface area (Å²) in [6.45, 7) is 0.491. The van der Waals surface area contributed by atoms with Crippen LogP contribution in [-0.4, -0.2) is 25.6 Å². The number of anilines is 1. The summed E-state index contributed by atoms with van der Waals surface area (Å²) in [4.78, 5) is 24.1. The molecule has 23 heavy (non-hydrogen) atoms. The Morgan fingerprint density at radius 2 is 1.91 bits per heavy atom. The van der Waals surface area contributed by atoms with E-state index in [1.165, 1.54) is 7.11 Å². The average molecular weight is 311 g/mol. The molecule has 0 aliphatic carbocycles. The Morgan fingerprint density at radius 3 is 2.74 bits per heavy atom. The number of fused-ring (bicyclic) bond motifs is 1. The van der Waals surface area contributed by atoms with E-state index in [1.54, 1.807) is 24.3 Å². The highest BCUT2D eigenvalue weighted by Crippen LogP contribution is 2.35. The Hall–Kier alpha value is -2.82. The third-order valence-electron chi connectivity index (χ3n) is 3.84. The number of para-hydroxylation sites is 2. The fourth-order valence-corrected chi connectivity index (χ4v) is 2.70. The molecular formula is C18H17NO4. The molecule has 2 aromatic rings. The lowest BCUT2D eigenvalue weighted by atomic mass is 9.97. The second kappa shape index (κ2) is 6.52. The van der Waals surface area contributed by atoms with E-state index in [0.29, 0.717) is 24.3 Å². The summed E-state index contributed by atoms with van der Waals surface area (Å²) < 4.78 is 10.3. The number of nitrogens with one attached hydrogen (secondary N) is 1. The number of amides is 1. The summed E-state index contributed by atoms with van der Waals surface area (Å²) in [6, 6.07) is 14.5. The normalized spacial score (nSPS) is 15.4. The van der Waals surface area contributed by atoms with Crippen LogP contribution in [-0.2, 0) is 9.53 Å². The van der Waals surface area contributed by atoms with Gasteiger partial charge in [0, 0.05) is 17.9 Å². The summed E-state index contributed by atoms with van der Waals surface area (Å²) in [5.74, 6) is 0.221. The number of hydrogen-bond acceptors (Lipinski definition) is 4. The van der Waals surface area contributed by atoms with Gasteiger partial charge in [-0.15, -0.1) is 0 Å². The highest BCUT2D eigenvalue weighted by Gasteiger charge is 2.26. The van der Waals surface area contributed by atoms with E-state index in [2.05, 4.69) is 5.32 Å². The molecule has 1 atom stereocenters. The van der Waals surface area contributed by atoms with Gasteiger partial charge in [0.15, 0.2) is 0 Å². The maximum atomic E-state index is 12.3. The fourth-order valence-electron chi connectivity index (χ4n) is 2.70. The van der Waals surface area contributed by atoms with Gasteiger partial charge >= 0.3 is 5.97 Å². The number of rotatable bonds is 4. The maximum absolute atomic E-state index is 12.3. The van der Waals surface area contributed by atoms with Gasteiger partial charge in [-0.25, -0.2) is 4.79 Å². The van der Waals surface area contributed by atoms with E-state index in [0.717, 1.165) is 11.3 Å². The summed E-state index contributed by atoms with van der Waals surface area (Å²) in [7, 11) is 1.31. The monoisotopic (exact) mass is 311 g/mol. The number of hydrogen-bond donors (Lipinski definition) is 1. The highest BCUT2D eigenvalue weighted by molar-refractivity contribution is 6.01. The lowest BCUT2D eigenvalue weighted by Gasteiger charge is -2.12. The topological polar surface area (TPSA) is 64.6 Å². The zero-order chi connectivity index (χ0) is 16.2. The van der Waals surface area contributed by atoms with Crippen molar-refractivity contribution >= 4 is 17.6 Å². The zero-order valence-electron chi connectivity index (χ0n) is 12.7. The van der Waals surface area contributed by atoms with Crippen LogP contribution in [0.5, 0.6) is 5.75 Å². The van der Waals surface area contributed by atoms with Gasteiger partial charge < -0.3 is 14.8 Å². The van der Waals surface area contributed by atoms with Crippen molar-refractivity contribution in [1.29, 1.82) is 0 Å². The van der Waals surface area contributed by atoms with Crippen molar-refractivity contribution < 1.29 is 19.1 Å². The predicted molar refractivity (Wildman–Crippen MR) is 85.7 cm³/mol. The van der Waals surface area contributed by atoms with Crippen LogP contribution < -0.4 is 10.1 Å². The zero-order valence-corrected chi connectivity index (χ0v) is 12.7. The van der Waals surface area contributed by atoms with Crippen molar-refractivity contribution in [3.63, 3.8) is 0 Å². The van der Waals surface area contributed by atoms with Crippen LogP contribution in [0.4, 0.5) is 5.69 Å². The van der Waals surface area contributed by atoms with Crippen molar-refractivity contribution in [1.82, 2.24) is 0 Å². The van der Waals surface area contributed by atoms with Crippen molar-refractivity contribution in [2.24, 2.45) is 0 Å². The molecule has 0 bridgehead atoms. The first-order chi connectivity index (χ1) is 11.2. The first-order valence-electron chi connectivity index (χ1n) is 7.38. The van der Waals surface area contributed by atoms with Crippen molar-refractivity contribution in [2.75, 3.05) is 19.0 Å². The molecule has 1 aliphatic rings. The molecule has 3 rings (SSSR count). The van der Waals surface area contributed by atoms with Gasteiger partial charge in [-0.05, 0) is 18.2 Å². The van der Waals surface area contributed by atoms with Gasteiger partial charge in [-0.2, -0.15) is 0 Å². The summed E-state index contributed by atoms with van der Waals surface area (Å²) in [5, 5.41) is 2.79. The number of carbonyl (C=O) groups excluding carboxylic acids is 2. The van der Waals surface area contributed by atoms with Crippen LogP contribution in [0.3, 0.4) is 0 Å². The summed E-state index contributed by atoms with van der Waals surface area (Å²) >= 11 is 0. The van der Waals surface area contributed by atoms with Gasteiger partial charge in [-0.3, -0.25) is 4.79 Å². The molecule has 0 saturated carbocycles. The lowest BCUT2D eigenvalue weighted by molar-refractivity contribution is -0.116. The minimum atomic E-state index is -0.476. The molecule has 1 amide bonds. The lowest BCUT2D eigenvalue weighted by Crippen LogP contribution is -2.18. The Labute approximate surface area is 134 Å². The van der Waals surface area contributed by atoms with Gasteiger partial charge in [0.2, 0.25) is 5.91 Å². The second-order valence-corrected chi connectivity index (χ2v) is 5.34. The summed E-state index contributed by atoms with van der Waals surface area (Å²) in [5.41, 5.74) is 1.84. The molecule has 1 aliphatic heterocycles. The number of benzene rings is 2. The molecule has 0 radical (unpaired) electrons. The SMILES string of the molecule is COC(=O)c1ccccc1NC(=O)CC1COc2ccccc21. The molecule has 0 saturated heterocycles. The van der Waals surface area contributed by atoms with Crippen molar-refractivity contribution in [3.8, 4) is 5.75 Å². The Balaban J connectivity index is 1.71. The van der Waals surface area contributed by atoms with E-state index < -0.39 is 5.97 Å². The first-order valence-corrected chi connectivity index (χ1v) is 7.38. The fraction of sp³-hybridized carbons (Fsp3) is 0.222. The maximum Gasteiger partial charge on any atom is 0.339 e. The molecule has 5 nitrogen and oxygen atoms in total. The number of esters is 1. The predicted octanol–water partition coefficient (Wildman–Crippen LogP) is 2.98. The number of methoxy groups -OCH3 is 1. The average Bonchev–Trinajstić information content (AvgIpc) is 2.98. The van der Waals surface area contributed by atoms with Gasteiger partial charge in [0.1, 0.15) is 5.75 Å². The smallest absolute Gasteiger partial charge is 0.339 e. The van der Waals surface area contributed by atoms with E-state index in [9.17, 15) is 9.59 Å². The molecular weight excluding hydrogens is 294 g/mol. The molecule has 0 spiro atoms. The van der Waals surface area contributed by atoms with Gasteiger partial charge in [-0.1, -0.05) is 30.3 Å². The van der Waals surface area contributed by atoms with E-state index in [-0.39, 0.29) is 11.8 Å². The van der Waals surface area contributed by atoms with E-state index >= 15 is 0 Å². The third kappa shape index (κ3) is 3.18. The minimum absolute atomic E-state index is 0.0245. The Bertz CT molecular complexity index is 741. The van der Waals surface area contributed by atoms with E-state index in [4.69, 9.17) is 9.47 Å². The molecule has 2 aromatic carbocycles. The van der Waals surface area contributed by atoms with Gasteiger partial charge in [0.25, 0.3) is 0 Å². The highest BCUT2D eigenvalue weighted by atomic mass is 16.5. The summed E-state index contributed by atoms with van der Waals surface area (Å²) in [6.07, 6.45) is 0.298. The Morgan fingerprint density at radius 1 is 1.17 bits per heavy atom. The quantitative estimate of drug-likeness (QED) is 0.882. The molecule has 1 heterocycles. The molecule has 0 aromatic heterocycles. The van der Waals surface area contributed by atoms with Crippen LogP contribution in [0, 0.1) is 0 Å². The number of ether oxygens (including phenoxy) is 2. The molecule has 0 fully saturated rings. The first kappa shape index (κ1) is 15.1. The van der Waals surface area contributed by atoms with E-state index in [1.807, 2.05) is 24.3 Å². The third-order valence-corrected chi connectivity index (χ3v) is 3.84. The van der Waals surface area contributed by atoms with Crippen molar-refractivity contribution in [3.05, 3.63) is 59.7 Å². The van der Waals surface area contributed by atoms with Crippen LogP contribution >= 0.6 is 0 Å². The van der Waals surface area contributed by atoms with Crippen LogP contribution in [0.1, 0.15) is 28.3 Å². The molecule has 5 heteroatoms. The van der Waals surface area contributed by atoms with Crippen molar-refractivity contribution in [2.45, 2.75) is 12.3 Å². The molecule has 1 unspecified atom stereocenters. The molecule has 118 valence electrons. The van der Waals surface area contributed by atoms with Crippen LogP contribution in [0.15, 0.2) is 48.5 Å². The Kier molecular flexibility index (Phi) is 4.28. The minimum Gasteiger partial charge on any atom is -0.493 e. The van der Waals surface area contributed by atoms with Crippen LogP contribution in [0.25, 0.3) is 0 Å². The van der Waals surface area contributed by atoms with Crippen LogP contribution in [0.2, 0.25) is 0 Å². The standard InChI is InChI=1S/C18H17NO4/c1-22-18(21)14-7-2-4-8-15(14)19-17(20)10-12-11-23-16-9-5-3-6-13(12)16/h2-9,12H,10-11H2,1H3,(H,19,20).